The van der Waals surface area contributed by atoms with Gasteiger partial charge in [0.05, 0.1) is 18.0 Å². The van der Waals surface area contributed by atoms with Gasteiger partial charge in [-0.25, -0.2) is 8.42 Å². The lowest BCUT2D eigenvalue weighted by Crippen LogP contribution is -2.45. The van der Waals surface area contributed by atoms with Crippen LogP contribution in [-0.2, 0) is 14.8 Å². The van der Waals surface area contributed by atoms with E-state index in [2.05, 4.69) is 5.32 Å². The number of hydrogen-bond donors (Lipinski definition) is 1. The highest BCUT2D eigenvalue weighted by molar-refractivity contribution is 7.89. The molecule has 0 aromatic heterocycles. The summed E-state index contributed by atoms with van der Waals surface area (Å²) >= 11 is 12.0. The van der Waals surface area contributed by atoms with Gasteiger partial charge in [-0.05, 0) is 62.2 Å². The summed E-state index contributed by atoms with van der Waals surface area (Å²) in [4.78, 5) is 12.9. The molecule has 6 nitrogen and oxygen atoms in total. The second kappa shape index (κ2) is 10.7. The molecule has 1 fully saturated rings. The van der Waals surface area contributed by atoms with Crippen molar-refractivity contribution >= 4 is 44.8 Å². The molecule has 0 unspecified atom stereocenters. The summed E-state index contributed by atoms with van der Waals surface area (Å²) in [5, 5.41) is 3.48. The first-order chi connectivity index (χ1) is 14.8. The van der Waals surface area contributed by atoms with Crippen LogP contribution in [0.15, 0.2) is 47.4 Å². The Labute approximate surface area is 193 Å². The van der Waals surface area contributed by atoms with Gasteiger partial charge in [0.2, 0.25) is 15.9 Å². The molecule has 168 valence electrons. The van der Waals surface area contributed by atoms with Crippen LogP contribution < -0.4 is 10.1 Å². The molecule has 1 aliphatic rings. The number of nitrogens with zero attached hydrogens (tertiary/aromatic N) is 1. The number of carbonyl (C=O) groups is 1. The van der Waals surface area contributed by atoms with Gasteiger partial charge in [0.25, 0.3) is 0 Å². The first kappa shape index (κ1) is 23.9. The molecule has 0 saturated heterocycles. The highest BCUT2D eigenvalue weighted by Crippen LogP contribution is 2.29. The zero-order valence-corrected chi connectivity index (χ0v) is 19.6. The Morgan fingerprint density at radius 1 is 1.06 bits per heavy atom. The molecule has 31 heavy (non-hydrogen) atoms. The number of sulfonamides is 1. The monoisotopic (exact) mass is 484 g/mol. The average Bonchev–Trinajstić information content (AvgIpc) is 2.72. The van der Waals surface area contributed by atoms with Crippen LogP contribution in [0.4, 0.5) is 5.69 Å². The van der Waals surface area contributed by atoms with Crippen LogP contribution >= 0.6 is 23.2 Å². The number of nitrogens with one attached hydrogen (secondary N) is 1. The fraction of sp³-hybridized carbons (Fsp3) is 0.409. The minimum absolute atomic E-state index is 0.139. The second-order valence-corrected chi connectivity index (χ2v) is 10.2. The van der Waals surface area contributed by atoms with E-state index in [4.69, 9.17) is 27.9 Å². The van der Waals surface area contributed by atoms with Crippen molar-refractivity contribution in [3.63, 3.8) is 0 Å². The van der Waals surface area contributed by atoms with Gasteiger partial charge < -0.3 is 10.1 Å². The minimum Gasteiger partial charge on any atom is -0.494 e. The summed E-state index contributed by atoms with van der Waals surface area (Å²) in [6, 6.07) is 10.8. The number of halogens is 2. The van der Waals surface area contributed by atoms with Crippen LogP contribution in [0, 0.1) is 0 Å². The fourth-order valence-corrected chi connectivity index (χ4v) is 5.92. The molecular formula is C22H26Cl2N2O4S. The van der Waals surface area contributed by atoms with Crippen LogP contribution in [0.1, 0.15) is 39.0 Å². The van der Waals surface area contributed by atoms with Gasteiger partial charge in [-0.3, -0.25) is 4.79 Å². The van der Waals surface area contributed by atoms with Crippen molar-refractivity contribution in [1.29, 1.82) is 0 Å². The van der Waals surface area contributed by atoms with Crippen molar-refractivity contribution in [3.8, 4) is 5.75 Å². The predicted octanol–water partition coefficient (Wildman–Crippen LogP) is 5.35. The number of carbonyl (C=O) groups excluding carboxylic acids is 1. The predicted molar refractivity (Wildman–Crippen MR) is 123 cm³/mol. The number of rotatable bonds is 8. The topological polar surface area (TPSA) is 75.7 Å². The Kier molecular flexibility index (Phi) is 8.22. The van der Waals surface area contributed by atoms with Crippen molar-refractivity contribution < 1.29 is 17.9 Å². The van der Waals surface area contributed by atoms with Gasteiger partial charge in [0, 0.05) is 21.8 Å². The Hall–Kier alpha value is -1.80. The lowest BCUT2D eigenvalue weighted by molar-refractivity contribution is -0.116. The zero-order chi connectivity index (χ0) is 22.4. The van der Waals surface area contributed by atoms with Crippen molar-refractivity contribution in [2.75, 3.05) is 18.5 Å². The summed E-state index contributed by atoms with van der Waals surface area (Å²) < 4.78 is 33.6. The number of ether oxygens (including phenoxy) is 1. The van der Waals surface area contributed by atoms with E-state index in [-0.39, 0.29) is 17.5 Å². The van der Waals surface area contributed by atoms with E-state index < -0.39 is 15.9 Å². The number of anilines is 1. The molecule has 0 bridgehead atoms. The SMILES string of the molecule is CCOc1ccc(S(=O)(=O)N(CC(=O)Nc2cc(Cl)cc(Cl)c2)C2CCCCC2)cc1. The van der Waals surface area contributed by atoms with Crippen molar-refractivity contribution in [3.05, 3.63) is 52.5 Å². The molecule has 1 aliphatic carbocycles. The molecule has 0 heterocycles. The van der Waals surface area contributed by atoms with Gasteiger partial charge in [0.15, 0.2) is 0 Å². The number of hydrogen-bond acceptors (Lipinski definition) is 4. The summed E-state index contributed by atoms with van der Waals surface area (Å²) in [5.74, 6) is 0.152. The molecule has 3 rings (SSSR count). The summed E-state index contributed by atoms with van der Waals surface area (Å²) in [5.41, 5.74) is 0.421. The largest absolute Gasteiger partial charge is 0.494 e. The lowest BCUT2D eigenvalue weighted by atomic mass is 9.95. The van der Waals surface area contributed by atoms with Crippen LogP contribution in [0.25, 0.3) is 0 Å². The molecule has 0 atom stereocenters. The third-order valence-electron chi connectivity index (χ3n) is 5.17. The van der Waals surface area contributed by atoms with Crippen LogP contribution in [0.5, 0.6) is 5.75 Å². The van der Waals surface area contributed by atoms with Crippen molar-refractivity contribution in [1.82, 2.24) is 4.31 Å². The number of benzene rings is 2. The first-order valence-corrected chi connectivity index (χ1v) is 12.5. The van der Waals surface area contributed by atoms with E-state index >= 15 is 0 Å². The van der Waals surface area contributed by atoms with Gasteiger partial charge in [-0.2, -0.15) is 4.31 Å². The zero-order valence-electron chi connectivity index (χ0n) is 17.3. The van der Waals surface area contributed by atoms with E-state index in [1.165, 1.54) is 16.4 Å². The van der Waals surface area contributed by atoms with Crippen LogP contribution in [-0.4, -0.2) is 37.8 Å². The minimum atomic E-state index is -3.87. The highest BCUT2D eigenvalue weighted by Gasteiger charge is 2.34. The van der Waals surface area contributed by atoms with Crippen molar-refractivity contribution in [2.45, 2.75) is 50.0 Å². The van der Waals surface area contributed by atoms with Gasteiger partial charge in [-0.1, -0.05) is 42.5 Å². The summed E-state index contributed by atoms with van der Waals surface area (Å²) in [6.07, 6.45) is 4.40. The van der Waals surface area contributed by atoms with Gasteiger partial charge in [0.1, 0.15) is 5.75 Å². The smallest absolute Gasteiger partial charge is 0.243 e. The van der Waals surface area contributed by atoms with E-state index in [1.807, 2.05) is 6.92 Å². The molecule has 1 amide bonds. The normalized spacial score (nSPS) is 15.1. The lowest BCUT2D eigenvalue weighted by Gasteiger charge is -2.33. The molecular weight excluding hydrogens is 459 g/mol. The molecule has 0 aliphatic heterocycles. The molecule has 2 aromatic rings. The van der Waals surface area contributed by atoms with E-state index in [9.17, 15) is 13.2 Å². The van der Waals surface area contributed by atoms with E-state index in [0.29, 0.717) is 28.1 Å². The van der Waals surface area contributed by atoms with Crippen LogP contribution in [0.3, 0.4) is 0 Å². The van der Waals surface area contributed by atoms with E-state index in [0.717, 1.165) is 32.1 Å². The molecule has 0 spiro atoms. The molecule has 2 aromatic carbocycles. The quantitative estimate of drug-likeness (QED) is 0.547. The Morgan fingerprint density at radius 3 is 2.26 bits per heavy atom. The summed E-state index contributed by atoms with van der Waals surface area (Å²) in [7, 11) is -3.87. The number of amides is 1. The maximum Gasteiger partial charge on any atom is 0.243 e. The molecule has 1 N–H and O–H groups in total. The fourth-order valence-electron chi connectivity index (χ4n) is 3.76. The van der Waals surface area contributed by atoms with Crippen molar-refractivity contribution in [2.24, 2.45) is 0 Å². The Bertz CT molecular complexity index is 986. The Balaban J connectivity index is 1.84. The van der Waals surface area contributed by atoms with Crippen LogP contribution in [0.2, 0.25) is 10.0 Å². The standard InChI is InChI=1S/C22H26Cl2N2O4S/c1-2-30-20-8-10-21(11-9-20)31(28,29)26(19-6-4-3-5-7-19)15-22(27)25-18-13-16(23)12-17(24)14-18/h8-14,19H,2-7,15H2,1H3,(H,25,27). The first-order valence-electron chi connectivity index (χ1n) is 10.3. The third kappa shape index (κ3) is 6.35. The highest BCUT2D eigenvalue weighted by atomic mass is 35.5. The third-order valence-corrected chi connectivity index (χ3v) is 7.52. The van der Waals surface area contributed by atoms with Gasteiger partial charge >= 0.3 is 0 Å². The molecule has 1 saturated carbocycles. The maximum absolute atomic E-state index is 13.5. The average molecular weight is 485 g/mol. The van der Waals surface area contributed by atoms with E-state index in [1.54, 1.807) is 30.3 Å². The Morgan fingerprint density at radius 2 is 1.68 bits per heavy atom. The summed E-state index contributed by atoms with van der Waals surface area (Å²) in [6.45, 7) is 2.07. The second-order valence-electron chi connectivity index (χ2n) is 7.45. The van der Waals surface area contributed by atoms with Gasteiger partial charge in [-0.15, -0.1) is 0 Å². The maximum atomic E-state index is 13.5. The molecule has 0 radical (unpaired) electrons. The molecule has 9 heteroatoms.